The Balaban J connectivity index is 1.61. The van der Waals surface area contributed by atoms with Gasteiger partial charge in [-0.2, -0.15) is 0 Å². The van der Waals surface area contributed by atoms with Gasteiger partial charge in [0.1, 0.15) is 0 Å². The third kappa shape index (κ3) is 3.09. The zero-order valence-electron chi connectivity index (χ0n) is 18.1. The Morgan fingerprint density at radius 3 is 2.32 bits per heavy atom. The van der Waals surface area contributed by atoms with E-state index in [1.54, 1.807) is 0 Å². The van der Waals surface area contributed by atoms with Crippen LogP contribution in [0.2, 0.25) is 0 Å². The van der Waals surface area contributed by atoms with Gasteiger partial charge in [0.25, 0.3) is 0 Å². The highest BCUT2D eigenvalue weighted by molar-refractivity contribution is 5.13. The van der Waals surface area contributed by atoms with Crippen LogP contribution in [0.5, 0.6) is 0 Å². The van der Waals surface area contributed by atoms with E-state index >= 15 is 0 Å². The van der Waals surface area contributed by atoms with Crippen LogP contribution in [0.4, 0.5) is 0 Å². The molecular weight excluding hydrogens is 352 g/mol. The van der Waals surface area contributed by atoms with Crippen molar-refractivity contribution in [1.82, 2.24) is 0 Å². The first-order chi connectivity index (χ1) is 13.2. The number of aliphatic hydroxyl groups is 4. The zero-order chi connectivity index (χ0) is 20.3. The van der Waals surface area contributed by atoms with E-state index in [-0.39, 0.29) is 41.7 Å². The molecule has 4 aliphatic rings. The molecule has 11 atom stereocenters. The van der Waals surface area contributed by atoms with E-state index < -0.39 is 0 Å². The summed E-state index contributed by atoms with van der Waals surface area (Å²) in [5, 5.41) is 41.8. The maximum absolute atomic E-state index is 11.3. The molecule has 4 N–H and O–H groups in total. The summed E-state index contributed by atoms with van der Waals surface area (Å²) in [6.07, 6.45) is 7.76. The third-order valence-electron chi connectivity index (χ3n) is 10.2. The van der Waals surface area contributed by atoms with Crippen molar-refractivity contribution in [3.63, 3.8) is 0 Å². The van der Waals surface area contributed by atoms with E-state index in [0.29, 0.717) is 29.6 Å². The van der Waals surface area contributed by atoms with Crippen molar-refractivity contribution in [2.45, 2.75) is 96.9 Å². The summed E-state index contributed by atoms with van der Waals surface area (Å²) < 4.78 is 0. The molecule has 0 aromatic carbocycles. The number of rotatable bonds is 4. The van der Waals surface area contributed by atoms with Gasteiger partial charge in [0, 0.05) is 6.61 Å². The lowest BCUT2D eigenvalue weighted by Crippen LogP contribution is -2.58. The maximum atomic E-state index is 11.3. The van der Waals surface area contributed by atoms with Crippen molar-refractivity contribution < 1.29 is 20.4 Å². The van der Waals surface area contributed by atoms with Gasteiger partial charge in [0.2, 0.25) is 0 Å². The molecule has 4 saturated carbocycles. The van der Waals surface area contributed by atoms with E-state index in [2.05, 4.69) is 20.8 Å². The summed E-state index contributed by atoms with van der Waals surface area (Å²) in [6.45, 7) is 7.29. The molecule has 0 aromatic heterocycles. The average Bonchev–Trinajstić information content (AvgIpc) is 2.91. The Kier molecular flexibility index (Phi) is 5.66. The van der Waals surface area contributed by atoms with Crippen molar-refractivity contribution in [2.24, 2.45) is 46.3 Å². The SMILES string of the molecule is C[C@H](CCCO)C1[C@H](O)C[C@H]2[C@@H]3[C@H](O)C[C@@H]4C[C@H](O)CC[C@]4(C)[C@H]3CC[C@]12C. The number of hydrogen-bond donors (Lipinski definition) is 4. The molecule has 28 heavy (non-hydrogen) atoms. The van der Waals surface area contributed by atoms with Crippen molar-refractivity contribution in [2.75, 3.05) is 6.61 Å². The standard InChI is InChI=1S/C24H42O4/c1-14(5-4-10-25)22-20(28)13-18-21-17(7-9-24(18,22)3)23(2)8-6-16(26)11-15(23)12-19(21)27/h14-22,25-28H,4-13H2,1-3H3/t14-,15+,16-,17+,18+,19-,20-,21-,22?,23+,24+/m1/s1. The van der Waals surface area contributed by atoms with E-state index in [9.17, 15) is 20.4 Å². The third-order valence-corrected chi connectivity index (χ3v) is 10.2. The highest BCUT2D eigenvalue weighted by Gasteiger charge is 2.64. The van der Waals surface area contributed by atoms with Crippen LogP contribution in [0.25, 0.3) is 0 Å². The van der Waals surface area contributed by atoms with Crippen molar-refractivity contribution in [1.29, 1.82) is 0 Å². The highest BCUT2D eigenvalue weighted by atomic mass is 16.3. The predicted octanol–water partition coefficient (Wildman–Crippen LogP) is 3.36. The Labute approximate surface area is 170 Å². The molecule has 0 heterocycles. The van der Waals surface area contributed by atoms with E-state index in [1.807, 2.05) is 0 Å². The average molecular weight is 395 g/mol. The highest BCUT2D eigenvalue weighted by Crippen LogP contribution is 2.68. The topological polar surface area (TPSA) is 80.9 Å². The normalized spacial score (nSPS) is 54.5. The lowest BCUT2D eigenvalue weighted by atomic mass is 9.43. The van der Waals surface area contributed by atoms with Crippen LogP contribution >= 0.6 is 0 Å². The van der Waals surface area contributed by atoms with Crippen LogP contribution in [0.3, 0.4) is 0 Å². The fraction of sp³-hybridized carbons (Fsp3) is 1.00. The fourth-order valence-electron chi connectivity index (χ4n) is 8.88. The lowest BCUT2D eigenvalue weighted by molar-refractivity contribution is -0.174. The molecule has 4 rings (SSSR count). The molecule has 0 radical (unpaired) electrons. The van der Waals surface area contributed by atoms with Gasteiger partial charge >= 0.3 is 0 Å². The van der Waals surface area contributed by atoms with E-state index in [0.717, 1.165) is 57.8 Å². The first-order valence-electron chi connectivity index (χ1n) is 11.9. The van der Waals surface area contributed by atoms with E-state index in [4.69, 9.17) is 0 Å². The Morgan fingerprint density at radius 2 is 1.61 bits per heavy atom. The molecule has 4 fully saturated rings. The van der Waals surface area contributed by atoms with Gasteiger partial charge in [0.15, 0.2) is 0 Å². The van der Waals surface area contributed by atoms with Gasteiger partial charge in [-0.15, -0.1) is 0 Å². The number of hydrogen-bond acceptors (Lipinski definition) is 4. The predicted molar refractivity (Wildman–Crippen MR) is 109 cm³/mol. The second-order valence-electron chi connectivity index (χ2n) is 11.4. The Bertz CT molecular complexity index is 567. The van der Waals surface area contributed by atoms with Crippen LogP contribution in [0, 0.1) is 46.3 Å². The largest absolute Gasteiger partial charge is 0.396 e. The fourth-order valence-corrected chi connectivity index (χ4v) is 8.88. The molecule has 4 nitrogen and oxygen atoms in total. The van der Waals surface area contributed by atoms with Crippen LogP contribution in [0.15, 0.2) is 0 Å². The van der Waals surface area contributed by atoms with Gasteiger partial charge < -0.3 is 20.4 Å². The molecule has 0 spiro atoms. The minimum atomic E-state index is -0.295. The summed E-state index contributed by atoms with van der Waals surface area (Å²) in [4.78, 5) is 0. The van der Waals surface area contributed by atoms with Crippen LogP contribution in [-0.2, 0) is 0 Å². The Morgan fingerprint density at radius 1 is 0.893 bits per heavy atom. The van der Waals surface area contributed by atoms with Crippen LogP contribution in [-0.4, -0.2) is 45.3 Å². The van der Waals surface area contributed by atoms with Gasteiger partial charge in [-0.05, 0) is 104 Å². The lowest BCUT2D eigenvalue weighted by Gasteiger charge is -2.62. The van der Waals surface area contributed by atoms with Crippen molar-refractivity contribution in [3.05, 3.63) is 0 Å². The zero-order valence-corrected chi connectivity index (χ0v) is 18.1. The summed E-state index contributed by atoms with van der Waals surface area (Å²) >= 11 is 0. The molecular formula is C24H42O4. The summed E-state index contributed by atoms with van der Waals surface area (Å²) in [6, 6.07) is 0. The molecule has 4 aliphatic carbocycles. The van der Waals surface area contributed by atoms with Gasteiger partial charge in [-0.25, -0.2) is 0 Å². The molecule has 0 aliphatic heterocycles. The Hall–Kier alpha value is -0.160. The minimum Gasteiger partial charge on any atom is -0.396 e. The summed E-state index contributed by atoms with van der Waals surface area (Å²) in [7, 11) is 0. The molecule has 4 heteroatoms. The summed E-state index contributed by atoms with van der Waals surface area (Å²) in [5.41, 5.74) is 0.323. The summed E-state index contributed by atoms with van der Waals surface area (Å²) in [5.74, 6) is 2.31. The van der Waals surface area contributed by atoms with Crippen molar-refractivity contribution in [3.8, 4) is 0 Å². The number of fused-ring (bicyclic) bond motifs is 5. The number of aliphatic hydroxyl groups excluding tert-OH is 4. The smallest absolute Gasteiger partial charge is 0.0579 e. The molecule has 1 unspecified atom stereocenters. The molecule has 0 amide bonds. The first-order valence-corrected chi connectivity index (χ1v) is 11.9. The first kappa shape index (κ1) is 21.1. The monoisotopic (exact) mass is 394 g/mol. The molecule has 0 aromatic rings. The minimum absolute atomic E-state index is 0.0911. The second kappa shape index (κ2) is 7.51. The van der Waals surface area contributed by atoms with Crippen LogP contribution < -0.4 is 0 Å². The van der Waals surface area contributed by atoms with Gasteiger partial charge in [0.05, 0.1) is 18.3 Å². The van der Waals surface area contributed by atoms with Gasteiger partial charge in [-0.3, -0.25) is 0 Å². The maximum Gasteiger partial charge on any atom is 0.0579 e. The van der Waals surface area contributed by atoms with Crippen LogP contribution in [0.1, 0.15) is 78.6 Å². The van der Waals surface area contributed by atoms with Gasteiger partial charge in [-0.1, -0.05) is 20.8 Å². The second-order valence-corrected chi connectivity index (χ2v) is 11.4. The molecule has 0 saturated heterocycles. The quantitative estimate of drug-likeness (QED) is 0.589. The molecule has 0 bridgehead atoms. The molecule has 162 valence electrons. The van der Waals surface area contributed by atoms with Crippen molar-refractivity contribution >= 4 is 0 Å². The van der Waals surface area contributed by atoms with E-state index in [1.165, 1.54) is 0 Å².